The van der Waals surface area contributed by atoms with Crippen molar-refractivity contribution in [3.63, 3.8) is 0 Å². The van der Waals surface area contributed by atoms with Crippen molar-refractivity contribution < 1.29 is 14.0 Å². The van der Waals surface area contributed by atoms with Crippen LogP contribution in [0.4, 0.5) is 10.1 Å². The van der Waals surface area contributed by atoms with E-state index in [1.807, 2.05) is 11.4 Å². The van der Waals surface area contributed by atoms with E-state index in [-0.39, 0.29) is 17.7 Å². The summed E-state index contributed by atoms with van der Waals surface area (Å²) in [6.07, 6.45) is 4.69. The first kappa shape index (κ1) is 18.4. The summed E-state index contributed by atoms with van der Waals surface area (Å²) >= 11 is 1.40. The van der Waals surface area contributed by atoms with Gasteiger partial charge in [0.2, 0.25) is 5.91 Å². The van der Waals surface area contributed by atoms with Crippen LogP contribution in [0.2, 0.25) is 0 Å². The number of nitrogens with zero attached hydrogens (tertiary/aromatic N) is 3. The normalized spacial score (nSPS) is 16.8. The van der Waals surface area contributed by atoms with E-state index >= 15 is 0 Å². The largest absolute Gasteiger partial charge is 0.337 e. The molecule has 144 valence electrons. The number of rotatable bonds is 4. The number of carbonyl (C=O) groups is 2. The number of halogens is 1. The van der Waals surface area contributed by atoms with Crippen LogP contribution in [0.5, 0.6) is 0 Å². The Morgan fingerprint density at radius 3 is 2.86 bits per heavy atom. The van der Waals surface area contributed by atoms with E-state index in [1.165, 1.54) is 22.1 Å². The van der Waals surface area contributed by atoms with E-state index in [2.05, 4.69) is 10.4 Å². The van der Waals surface area contributed by atoms with Gasteiger partial charge >= 0.3 is 0 Å². The van der Waals surface area contributed by atoms with Crippen LogP contribution >= 0.6 is 11.3 Å². The molecule has 0 unspecified atom stereocenters. The molecule has 28 heavy (non-hydrogen) atoms. The van der Waals surface area contributed by atoms with Crippen LogP contribution in [0.15, 0.2) is 54.2 Å². The fourth-order valence-corrected chi connectivity index (χ4v) is 4.05. The van der Waals surface area contributed by atoms with Gasteiger partial charge < -0.3 is 10.2 Å². The predicted molar refractivity (Wildman–Crippen MR) is 105 cm³/mol. The molecule has 0 radical (unpaired) electrons. The third-order valence-electron chi connectivity index (χ3n) is 4.78. The van der Waals surface area contributed by atoms with Crippen LogP contribution in [-0.4, -0.2) is 39.6 Å². The molecule has 1 aliphatic rings. The lowest BCUT2D eigenvalue weighted by molar-refractivity contribution is -0.121. The van der Waals surface area contributed by atoms with Gasteiger partial charge in [-0.1, -0.05) is 6.07 Å². The first-order valence-corrected chi connectivity index (χ1v) is 9.93. The highest BCUT2D eigenvalue weighted by atomic mass is 32.1. The summed E-state index contributed by atoms with van der Waals surface area (Å²) in [7, 11) is 0. The first-order valence-electron chi connectivity index (χ1n) is 9.05. The van der Waals surface area contributed by atoms with Crippen molar-refractivity contribution in [1.29, 1.82) is 0 Å². The molecule has 0 spiro atoms. The second-order valence-corrected chi connectivity index (χ2v) is 7.62. The van der Waals surface area contributed by atoms with Crippen molar-refractivity contribution in [2.45, 2.75) is 12.8 Å². The van der Waals surface area contributed by atoms with Gasteiger partial charge in [-0.25, -0.2) is 9.07 Å². The number of aromatic nitrogens is 2. The fraction of sp³-hybridized carbons (Fsp3) is 0.250. The number of benzene rings is 1. The second-order valence-electron chi connectivity index (χ2n) is 6.67. The topological polar surface area (TPSA) is 67.2 Å². The van der Waals surface area contributed by atoms with E-state index in [0.717, 1.165) is 6.42 Å². The smallest absolute Gasteiger partial charge is 0.263 e. The summed E-state index contributed by atoms with van der Waals surface area (Å²) in [6, 6.07) is 9.85. The van der Waals surface area contributed by atoms with E-state index < -0.39 is 5.82 Å². The molecule has 0 saturated carbocycles. The molecule has 1 atom stereocenters. The molecule has 0 aliphatic carbocycles. The summed E-state index contributed by atoms with van der Waals surface area (Å²) in [4.78, 5) is 27.6. The number of thiophene rings is 1. The summed E-state index contributed by atoms with van der Waals surface area (Å²) in [5.74, 6) is -1.02. The Labute approximate surface area is 165 Å². The van der Waals surface area contributed by atoms with Gasteiger partial charge in [-0.15, -0.1) is 11.3 Å². The van der Waals surface area contributed by atoms with E-state index in [4.69, 9.17) is 0 Å². The molecular formula is C20H19FN4O2S. The molecule has 3 aromatic rings. The molecule has 3 heterocycles. The fourth-order valence-electron chi connectivity index (χ4n) is 3.36. The highest BCUT2D eigenvalue weighted by molar-refractivity contribution is 7.12. The van der Waals surface area contributed by atoms with Gasteiger partial charge in [0.25, 0.3) is 5.91 Å². The van der Waals surface area contributed by atoms with Gasteiger partial charge in [0.05, 0.1) is 10.8 Å². The zero-order valence-corrected chi connectivity index (χ0v) is 15.9. The Balaban J connectivity index is 1.42. The van der Waals surface area contributed by atoms with Crippen LogP contribution in [0, 0.1) is 11.7 Å². The van der Waals surface area contributed by atoms with Crippen LogP contribution in [0.25, 0.3) is 5.69 Å². The van der Waals surface area contributed by atoms with Crippen molar-refractivity contribution >= 4 is 28.8 Å². The molecule has 6 nitrogen and oxygen atoms in total. The van der Waals surface area contributed by atoms with Crippen LogP contribution < -0.4 is 5.32 Å². The Morgan fingerprint density at radius 1 is 1.25 bits per heavy atom. The monoisotopic (exact) mass is 398 g/mol. The van der Waals surface area contributed by atoms with Crippen LogP contribution in [0.1, 0.15) is 22.5 Å². The molecule has 1 saturated heterocycles. The lowest BCUT2D eigenvalue weighted by Gasteiger charge is -2.31. The summed E-state index contributed by atoms with van der Waals surface area (Å²) in [6.45, 7) is 1.02. The third kappa shape index (κ3) is 3.82. The number of amides is 2. The molecule has 0 bridgehead atoms. The van der Waals surface area contributed by atoms with Crippen LogP contribution in [-0.2, 0) is 4.79 Å². The molecule has 1 aliphatic heterocycles. The standard InChI is InChI=1S/C20H19FN4O2S/c21-16-12-15(6-7-17(16)25-10-3-8-22-25)23-19(26)14-4-1-9-24(13-14)20(27)18-5-2-11-28-18/h2-3,5-8,10-12,14H,1,4,9,13H2,(H,23,26)/t14-/m1/s1. The zero-order valence-electron chi connectivity index (χ0n) is 15.0. The molecule has 2 amide bonds. The number of anilines is 1. The SMILES string of the molecule is O=C(Nc1ccc(-n2cccn2)c(F)c1)[C@@H]1CCCN(C(=O)c2cccs2)C1. The molecule has 8 heteroatoms. The zero-order chi connectivity index (χ0) is 19.5. The molecular weight excluding hydrogens is 379 g/mol. The quantitative estimate of drug-likeness (QED) is 0.731. The van der Waals surface area contributed by atoms with Crippen molar-refractivity contribution in [2.24, 2.45) is 5.92 Å². The number of likely N-dealkylation sites (tertiary alicyclic amines) is 1. The Bertz CT molecular complexity index is 972. The van der Waals surface area contributed by atoms with E-state index in [0.29, 0.717) is 35.8 Å². The van der Waals surface area contributed by atoms with E-state index in [9.17, 15) is 14.0 Å². The summed E-state index contributed by atoms with van der Waals surface area (Å²) < 4.78 is 15.8. The Kier molecular flexibility index (Phi) is 5.21. The van der Waals surface area contributed by atoms with Gasteiger partial charge in [-0.3, -0.25) is 9.59 Å². The average molecular weight is 398 g/mol. The van der Waals surface area contributed by atoms with Gasteiger partial charge in [0, 0.05) is 31.2 Å². The minimum absolute atomic E-state index is 0.0397. The first-order chi connectivity index (χ1) is 13.6. The Morgan fingerprint density at radius 2 is 2.14 bits per heavy atom. The maximum Gasteiger partial charge on any atom is 0.263 e. The summed E-state index contributed by atoms with van der Waals surface area (Å²) in [5, 5.41) is 8.65. The third-order valence-corrected chi connectivity index (χ3v) is 5.64. The van der Waals surface area contributed by atoms with Crippen LogP contribution in [0.3, 0.4) is 0 Å². The van der Waals surface area contributed by atoms with Gasteiger partial charge in [-0.05, 0) is 48.6 Å². The van der Waals surface area contributed by atoms with Crippen molar-refractivity contribution in [3.8, 4) is 5.69 Å². The minimum atomic E-state index is -0.473. The number of carbonyl (C=O) groups excluding carboxylic acids is 2. The lowest BCUT2D eigenvalue weighted by Crippen LogP contribution is -2.43. The minimum Gasteiger partial charge on any atom is -0.337 e. The van der Waals surface area contributed by atoms with Crippen molar-refractivity contribution in [3.05, 3.63) is 64.9 Å². The molecule has 2 aromatic heterocycles. The number of piperidine rings is 1. The Hall–Kier alpha value is -3.00. The predicted octanol–water partition coefficient (Wildman–Crippen LogP) is 3.56. The molecule has 4 rings (SSSR count). The van der Waals surface area contributed by atoms with Gasteiger partial charge in [-0.2, -0.15) is 5.10 Å². The van der Waals surface area contributed by atoms with Gasteiger partial charge in [0.15, 0.2) is 5.82 Å². The van der Waals surface area contributed by atoms with E-state index in [1.54, 1.807) is 41.6 Å². The van der Waals surface area contributed by atoms with Gasteiger partial charge in [0.1, 0.15) is 5.69 Å². The van der Waals surface area contributed by atoms with Crippen molar-refractivity contribution in [1.82, 2.24) is 14.7 Å². The maximum atomic E-state index is 14.4. The number of hydrogen-bond donors (Lipinski definition) is 1. The highest BCUT2D eigenvalue weighted by Gasteiger charge is 2.29. The lowest BCUT2D eigenvalue weighted by atomic mass is 9.97. The number of hydrogen-bond acceptors (Lipinski definition) is 4. The molecule has 1 N–H and O–H groups in total. The maximum absolute atomic E-state index is 14.4. The highest BCUT2D eigenvalue weighted by Crippen LogP contribution is 2.23. The molecule has 1 aromatic carbocycles. The second kappa shape index (κ2) is 7.93. The summed E-state index contributed by atoms with van der Waals surface area (Å²) in [5.41, 5.74) is 0.702. The molecule has 1 fully saturated rings. The van der Waals surface area contributed by atoms with Crippen molar-refractivity contribution in [2.75, 3.05) is 18.4 Å². The number of nitrogens with one attached hydrogen (secondary N) is 1. The average Bonchev–Trinajstić information content (AvgIpc) is 3.42.